The van der Waals surface area contributed by atoms with E-state index in [9.17, 15) is 0 Å². The first-order valence-corrected chi connectivity index (χ1v) is 10.1. The van der Waals surface area contributed by atoms with Crippen LogP contribution in [0.25, 0.3) is 0 Å². The van der Waals surface area contributed by atoms with E-state index in [1.807, 2.05) is 6.20 Å². The molecule has 0 radical (unpaired) electrons. The van der Waals surface area contributed by atoms with E-state index >= 15 is 0 Å². The minimum Gasteiger partial charge on any atom is -0.357 e. The van der Waals surface area contributed by atoms with Crippen molar-refractivity contribution in [2.75, 3.05) is 51.2 Å². The highest BCUT2D eigenvalue weighted by Crippen LogP contribution is 2.14. The lowest BCUT2D eigenvalue weighted by Crippen LogP contribution is -2.44. The van der Waals surface area contributed by atoms with Crippen LogP contribution in [0.15, 0.2) is 23.3 Å². The minimum atomic E-state index is 0. The van der Waals surface area contributed by atoms with Crippen molar-refractivity contribution in [1.29, 1.82) is 0 Å². The lowest BCUT2D eigenvalue weighted by atomic mass is 10.0. The molecule has 0 aromatic carbocycles. The zero-order valence-electron chi connectivity index (χ0n) is 17.4. The summed E-state index contributed by atoms with van der Waals surface area (Å²) < 4.78 is 0. The van der Waals surface area contributed by atoms with Gasteiger partial charge in [0.1, 0.15) is 5.82 Å². The summed E-state index contributed by atoms with van der Waals surface area (Å²) in [5.41, 5.74) is 1.14. The zero-order valence-corrected chi connectivity index (χ0v) is 19.7. The van der Waals surface area contributed by atoms with Gasteiger partial charge in [0, 0.05) is 45.5 Å². The van der Waals surface area contributed by atoms with Gasteiger partial charge in [0.25, 0.3) is 0 Å². The molecule has 0 unspecified atom stereocenters. The summed E-state index contributed by atoms with van der Waals surface area (Å²) in [4.78, 5) is 14.1. The third-order valence-corrected chi connectivity index (χ3v) is 5.11. The molecule has 0 aliphatic carbocycles. The standard InChI is InChI=1S/C20H36N6.HI/c1-5-17(6-2)14-23-20(21-7-3)24-16-18-8-9-19(22-15-18)26-12-10-25(4)11-13-26;/h8-9,15,17H,5-7,10-14,16H2,1-4H3,(H2,21,23,24);1H. The Morgan fingerprint density at radius 1 is 1.11 bits per heavy atom. The maximum absolute atomic E-state index is 4.71. The molecule has 0 saturated carbocycles. The molecule has 2 heterocycles. The first kappa shape index (κ1) is 23.9. The van der Waals surface area contributed by atoms with E-state index in [2.05, 4.69) is 65.4 Å². The second-order valence-corrected chi connectivity index (χ2v) is 7.07. The SMILES string of the molecule is CCNC(=NCc1ccc(N2CCN(C)CC2)nc1)NCC(CC)CC.I. The maximum atomic E-state index is 4.71. The van der Waals surface area contributed by atoms with Crippen LogP contribution < -0.4 is 15.5 Å². The molecule has 2 N–H and O–H groups in total. The van der Waals surface area contributed by atoms with E-state index in [0.29, 0.717) is 12.5 Å². The summed E-state index contributed by atoms with van der Waals surface area (Å²) in [5, 5.41) is 6.79. The second kappa shape index (κ2) is 13.1. The van der Waals surface area contributed by atoms with Crippen LogP contribution in [0.2, 0.25) is 0 Å². The quantitative estimate of drug-likeness (QED) is 0.335. The molecule has 1 saturated heterocycles. The van der Waals surface area contributed by atoms with Crippen LogP contribution in [-0.2, 0) is 6.54 Å². The average molecular weight is 488 g/mol. The van der Waals surface area contributed by atoms with Gasteiger partial charge in [-0.15, -0.1) is 24.0 Å². The molecule has 154 valence electrons. The second-order valence-electron chi connectivity index (χ2n) is 7.07. The fraction of sp³-hybridized carbons (Fsp3) is 0.700. The first-order valence-electron chi connectivity index (χ1n) is 10.1. The number of guanidine groups is 1. The molecule has 0 bridgehead atoms. The summed E-state index contributed by atoms with van der Waals surface area (Å²) in [6.45, 7) is 13.4. The Hall–Kier alpha value is -1.09. The van der Waals surface area contributed by atoms with Crippen LogP contribution in [0.1, 0.15) is 39.2 Å². The van der Waals surface area contributed by atoms with E-state index in [4.69, 9.17) is 4.99 Å². The molecule has 7 heteroatoms. The van der Waals surface area contributed by atoms with Crippen molar-refractivity contribution in [2.45, 2.75) is 40.2 Å². The van der Waals surface area contributed by atoms with Gasteiger partial charge in [0.15, 0.2) is 5.96 Å². The number of halogens is 1. The molecule has 1 aromatic heterocycles. The summed E-state index contributed by atoms with van der Waals surface area (Å²) in [6, 6.07) is 4.27. The van der Waals surface area contributed by atoms with Crippen molar-refractivity contribution in [1.82, 2.24) is 20.5 Å². The van der Waals surface area contributed by atoms with Gasteiger partial charge >= 0.3 is 0 Å². The number of rotatable bonds is 8. The molecule has 2 rings (SSSR count). The van der Waals surface area contributed by atoms with Crippen LogP contribution in [0.5, 0.6) is 0 Å². The molecule has 6 nitrogen and oxygen atoms in total. The van der Waals surface area contributed by atoms with E-state index in [1.165, 1.54) is 12.8 Å². The van der Waals surface area contributed by atoms with Gasteiger partial charge in [0.05, 0.1) is 6.54 Å². The van der Waals surface area contributed by atoms with Crippen molar-refractivity contribution in [3.8, 4) is 0 Å². The van der Waals surface area contributed by atoms with E-state index in [1.54, 1.807) is 0 Å². The Labute approximate surface area is 182 Å². The number of aliphatic imine (C=N–C) groups is 1. The van der Waals surface area contributed by atoms with Crippen molar-refractivity contribution < 1.29 is 0 Å². The molecule has 1 aromatic rings. The minimum absolute atomic E-state index is 0. The van der Waals surface area contributed by atoms with Crippen LogP contribution >= 0.6 is 24.0 Å². The Balaban J connectivity index is 0.00000364. The Morgan fingerprint density at radius 2 is 1.81 bits per heavy atom. The predicted molar refractivity (Wildman–Crippen MR) is 126 cm³/mol. The van der Waals surface area contributed by atoms with Gasteiger partial charge in [-0.25, -0.2) is 9.98 Å². The number of hydrogen-bond donors (Lipinski definition) is 2. The van der Waals surface area contributed by atoms with Crippen molar-refractivity contribution >= 4 is 35.8 Å². The van der Waals surface area contributed by atoms with Crippen LogP contribution in [0, 0.1) is 5.92 Å². The highest BCUT2D eigenvalue weighted by Gasteiger charge is 2.14. The predicted octanol–water partition coefficient (Wildman–Crippen LogP) is 2.94. The lowest BCUT2D eigenvalue weighted by molar-refractivity contribution is 0.312. The molecular formula is C20H37IN6. The summed E-state index contributed by atoms with van der Waals surface area (Å²) in [5.74, 6) is 2.66. The summed E-state index contributed by atoms with van der Waals surface area (Å²) in [7, 11) is 2.17. The van der Waals surface area contributed by atoms with Gasteiger partial charge in [0.2, 0.25) is 0 Å². The number of anilines is 1. The van der Waals surface area contributed by atoms with Crippen molar-refractivity contribution in [2.24, 2.45) is 10.9 Å². The monoisotopic (exact) mass is 488 g/mol. The van der Waals surface area contributed by atoms with Crippen LogP contribution in [0.4, 0.5) is 5.82 Å². The summed E-state index contributed by atoms with van der Waals surface area (Å²) in [6.07, 6.45) is 4.35. The van der Waals surface area contributed by atoms with Gasteiger partial charge in [-0.05, 0) is 31.5 Å². The van der Waals surface area contributed by atoms with Gasteiger partial charge in [-0.3, -0.25) is 0 Å². The molecule has 1 fully saturated rings. The number of pyridine rings is 1. The topological polar surface area (TPSA) is 55.8 Å². The number of nitrogens with zero attached hydrogens (tertiary/aromatic N) is 4. The molecule has 27 heavy (non-hydrogen) atoms. The normalized spacial score (nSPS) is 15.6. The Morgan fingerprint density at radius 3 is 2.37 bits per heavy atom. The van der Waals surface area contributed by atoms with E-state index < -0.39 is 0 Å². The van der Waals surface area contributed by atoms with Crippen LogP contribution in [-0.4, -0.2) is 62.2 Å². The van der Waals surface area contributed by atoms with Gasteiger partial charge in [-0.1, -0.05) is 32.8 Å². The highest BCUT2D eigenvalue weighted by molar-refractivity contribution is 14.0. The molecule has 1 aliphatic heterocycles. The van der Waals surface area contributed by atoms with E-state index in [0.717, 1.165) is 56.6 Å². The Kier molecular flexibility index (Phi) is 11.7. The molecule has 0 atom stereocenters. The maximum Gasteiger partial charge on any atom is 0.191 e. The van der Waals surface area contributed by atoms with Crippen LogP contribution in [0.3, 0.4) is 0 Å². The number of nitrogens with one attached hydrogen (secondary N) is 2. The van der Waals surface area contributed by atoms with Gasteiger partial charge in [-0.2, -0.15) is 0 Å². The fourth-order valence-corrected chi connectivity index (χ4v) is 3.06. The average Bonchev–Trinajstić information content (AvgIpc) is 2.68. The number of piperazine rings is 1. The van der Waals surface area contributed by atoms with E-state index in [-0.39, 0.29) is 24.0 Å². The number of likely N-dealkylation sites (N-methyl/N-ethyl adjacent to an activating group) is 1. The third-order valence-electron chi connectivity index (χ3n) is 5.11. The lowest BCUT2D eigenvalue weighted by Gasteiger charge is -2.33. The number of aromatic nitrogens is 1. The molecule has 1 aliphatic rings. The van der Waals surface area contributed by atoms with Crippen molar-refractivity contribution in [3.05, 3.63) is 23.9 Å². The Bertz CT molecular complexity index is 536. The number of hydrogen-bond acceptors (Lipinski definition) is 4. The summed E-state index contributed by atoms with van der Waals surface area (Å²) >= 11 is 0. The van der Waals surface area contributed by atoms with Crippen molar-refractivity contribution in [3.63, 3.8) is 0 Å². The smallest absolute Gasteiger partial charge is 0.191 e. The molecule has 0 amide bonds. The largest absolute Gasteiger partial charge is 0.357 e. The fourth-order valence-electron chi connectivity index (χ4n) is 3.06. The van der Waals surface area contributed by atoms with Gasteiger partial charge < -0.3 is 20.4 Å². The third kappa shape index (κ3) is 8.21. The zero-order chi connectivity index (χ0) is 18.8. The first-order chi connectivity index (χ1) is 12.7. The highest BCUT2D eigenvalue weighted by atomic mass is 127. The molecular weight excluding hydrogens is 451 g/mol. The molecule has 0 spiro atoms.